The number of nitrogens with two attached hydrogens (primary N) is 1. The summed E-state index contributed by atoms with van der Waals surface area (Å²) < 4.78 is 18.9. The molecule has 0 bridgehead atoms. The highest BCUT2D eigenvalue weighted by atomic mass is 19.1. The molecule has 3 nitrogen and oxygen atoms in total. The lowest BCUT2D eigenvalue weighted by atomic mass is 10.1. The third-order valence-corrected chi connectivity index (χ3v) is 2.99. The van der Waals surface area contributed by atoms with Crippen LogP contribution in [0.2, 0.25) is 0 Å². The highest BCUT2D eigenvalue weighted by Crippen LogP contribution is 2.26. The van der Waals surface area contributed by atoms with E-state index in [2.05, 4.69) is 6.07 Å². The second-order valence-corrected chi connectivity index (χ2v) is 4.53. The molecule has 0 fully saturated rings. The first-order valence-electron chi connectivity index (χ1n) is 6.27. The molecule has 2 aromatic carbocycles. The van der Waals surface area contributed by atoms with E-state index in [1.807, 2.05) is 19.1 Å². The van der Waals surface area contributed by atoms with Gasteiger partial charge in [-0.25, -0.2) is 4.39 Å². The van der Waals surface area contributed by atoms with Crippen LogP contribution < -0.4 is 10.5 Å². The predicted octanol–water partition coefficient (Wildman–Crippen LogP) is 3.30. The van der Waals surface area contributed by atoms with Gasteiger partial charge in [0.15, 0.2) is 0 Å². The van der Waals surface area contributed by atoms with E-state index in [9.17, 15) is 4.39 Å². The molecule has 0 aromatic heterocycles. The number of ether oxygens (including phenoxy) is 1. The zero-order chi connectivity index (χ0) is 14.5. The molecule has 0 aliphatic rings. The Morgan fingerprint density at radius 3 is 2.75 bits per heavy atom. The van der Waals surface area contributed by atoms with Gasteiger partial charge in [0.2, 0.25) is 0 Å². The Hall–Kier alpha value is -2.38. The summed E-state index contributed by atoms with van der Waals surface area (Å²) in [5.74, 6) is 0.0331. The van der Waals surface area contributed by atoms with E-state index in [1.165, 1.54) is 12.1 Å². The Morgan fingerprint density at radius 1 is 1.30 bits per heavy atom. The van der Waals surface area contributed by atoms with Crippen molar-refractivity contribution in [2.24, 2.45) is 5.73 Å². The van der Waals surface area contributed by atoms with Crippen molar-refractivity contribution in [2.75, 3.05) is 0 Å². The van der Waals surface area contributed by atoms with Crippen molar-refractivity contribution in [1.82, 2.24) is 0 Å². The Kier molecular flexibility index (Phi) is 4.34. The average molecular weight is 270 g/mol. The number of nitriles is 1. The van der Waals surface area contributed by atoms with E-state index in [1.54, 1.807) is 18.2 Å². The lowest BCUT2D eigenvalue weighted by Gasteiger charge is -2.14. The van der Waals surface area contributed by atoms with Crippen molar-refractivity contribution >= 4 is 0 Å². The summed E-state index contributed by atoms with van der Waals surface area (Å²) in [5, 5.41) is 9.02. The van der Waals surface area contributed by atoms with Crippen LogP contribution in [0.1, 0.15) is 29.7 Å². The van der Waals surface area contributed by atoms with Crippen molar-refractivity contribution in [3.63, 3.8) is 0 Å². The number of benzene rings is 2. The summed E-state index contributed by atoms with van der Waals surface area (Å²) in [5.41, 5.74) is 7.88. The first-order chi connectivity index (χ1) is 9.61. The molecule has 0 saturated carbocycles. The normalized spacial score (nSPS) is 11.7. The van der Waals surface area contributed by atoms with E-state index in [4.69, 9.17) is 15.7 Å². The quantitative estimate of drug-likeness (QED) is 0.927. The van der Waals surface area contributed by atoms with E-state index >= 15 is 0 Å². The molecule has 0 amide bonds. The molecule has 0 unspecified atom stereocenters. The number of rotatable bonds is 4. The summed E-state index contributed by atoms with van der Waals surface area (Å²) >= 11 is 0. The van der Waals surface area contributed by atoms with Gasteiger partial charge in [-0.3, -0.25) is 0 Å². The fraction of sp³-hybridized carbons (Fsp3) is 0.188. The van der Waals surface area contributed by atoms with E-state index in [-0.39, 0.29) is 18.5 Å². The Bertz CT molecular complexity index is 647. The summed E-state index contributed by atoms with van der Waals surface area (Å²) in [7, 11) is 0. The van der Waals surface area contributed by atoms with Gasteiger partial charge in [-0.1, -0.05) is 24.3 Å². The van der Waals surface area contributed by atoms with Crippen LogP contribution in [0.25, 0.3) is 0 Å². The maximum atomic E-state index is 13.3. The molecule has 1 atom stereocenters. The van der Waals surface area contributed by atoms with Crippen molar-refractivity contribution in [3.05, 3.63) is 65.0 Å². The van der Waals surface area contributed by atoms with Crippen molar-refractivity contribution < 1.29 is 9.13 Å². The molecule has 0 radical (unpaired) electrons. The predicted molar refractivity (Wildman–Crippen MR) is 74.5 cm³/mol. The zero-order valence-electron chi connectivity index (χ0n) is 11.1. The average Bonchev–Trinajstić information content (AvgIpc) is 2.45. The van der Waals surface area contributed by atoms with Gasteiger partial charge in [0, 0.05) is 23.2 Å². The molecule has 4 heteroatoms. The first kappa shape index (κ1) is 14.0. The largest absolute Gasteiger partial charge is 0.488 e. The smallest absolute Gasteiger partial charge is 0.127 e. The second-order valence-electron chi connectivity index (χ2n) is 4.53. The Labute approximate surface area is 117 Å². The van der Waals surface area contributed by atoms with Crippen LogP contribution in [0.4, 0.5) is 4.39 Å². The molecule has 0 aliphatic heterocycles. The van der Waals surface area contributed by atoms with Gasteiger partial charge in [-0.2, -0.15) is 5.26 Å². The van der Waals surface area contributed by atoms with Gasteiger partial charge in [0.05, 0.1) is 11.6 Å². The topological polar surface area (TPSA) is 59.0 Å². The second kappa shape index (κ2) is 6.18. The van der Waals surface area contributed by atoms with Gasteiger partial charge in [-0.05, 0) is 19.1 Å². The van der Waals surface area contributed by atoms with Crippen LogP contribution in [0.3, 0.4) is 0 Å². The van der Waals surface area contributed by atoms with Crippen LogP contribution in [-0.2, 0) is 6.61 Å². The van der Waals surface area contributed by atoms with E-state index < -0.39 is 0 Å². The first-order valence-corrected chi connectivity index (χ1v) is 6.27. The molecule has 2 rings (SSSR count). The van der Waals surface area contributed by atoms with Crippen LogP contribution >= 0.6 is 0 Å². The van der Waals surface area contributed by atoms with Crippen LogP contribution in [0.15, 0.2) is 42.5 Å². The van der Waals surface area contributed by atoms with Gasteiger partial charge in [0.25, 0.3) is 0 Å². The molecule has 2 aromatic rings. The lowest BCUT2D eigenvalue weighted by molar-refractivity contribution is 0.299. The monoisotopic (exact) mass is 270 g/mol. The minimum absolute atomic E-state index is 0.201. The van der Waals surface area contributed by atoms with Crippen LogP contribution in [-0.4, -0.2) is 0 Å². The SMILES string of the molecule is C[C@H](N)c1ccc(F)cc1OCc1ccccc1C#N. The molecule has 0 aliphatic carbocycles. The highest BCUT2D eigenvalue weighted by Gasteiger charge is 2.10. The third-order valence-electron chi connectivity index (χ3n) is 2.99. The fourth-order valence-corrected chi connectivity index (χ4v) is 1.92. The summed E-state index contributed by atoms with van der Waals surface area (Å²) in [4.78, 5) is 0. The van der Waals surface area contributed by atoms with Gasteiger partial charge < -0.3 is 10.5 Å². The number of hydrogen-bond donors (Lipinski definition) is 1. The zero-order valence-corrected chi connectivity index (χ0v) is 11.1. The van der Waals surface area contributed by atoms with Crippen molar-refractivity contribution in [1.29, 1.82) is 5.26 Å². The molecule has 0 heterocycles. The number of nitrogens with zero attached hydrogens (tertiary/aromatic N) is 1. The molecule has 2 N–H and O–H groups in total. The lowest BCUT2D eigenvalue weighted by Crippen LogP contribution is -2.08. The molecule has 0 saturated heterocycles. The molecular weight excluding hydrogens is 255 g/mol. The Balaban J connectivity index is 2.23. The summed E-state index contributed by atoms with van der Waals surface area (Å²) in [6.07, 6.45) is 0. The van der Waals surface area contributed by atoms with Gasteiger partial charge in [-0.15, -0.1) is 0 Å². The maximum absolute atomic E-state index is 13.3. The van der Waals surface area contributed by atoms with Crippen LogP contribution in [0.5, 0.6) is 5.75 Å². The summed E-state index contributed by atoms with van der Waals surface area (Å²) in [6.45, 7) is 2.01. The van der Waals surface area contributed by atoms with Gasteiger partial charge in [0.1, 0.15) is 18.2 Å². The standard InChI is InChI=1S/C16H15FN2O/c1-11(19)15-7-6-14(17)8-16(15)20-10-13-5-3-2-4-12(13)9-18/h2-8,11H,10,19H2,1H3/t11-/m0/s1. The number of halogens is 1. The van der Waals surface area contributed by atoms with E-state index in [0.717, 1.165) is 11.1 Å². The molecule has 0 spiro atoms. The van der Waals surface area contributed by atoms with E-state index in [0.29, 0.717) is 11.3 Å². The minimum Gasteiger partial charge on any atom is -0.488 e. The third kappa shape index (κ3) is 3.14. The molecule has 102 valence electrons. The minimum atomic E-state index is -0.377. The summed E-state index contributed by atoms with van der Waals surface area (Å²) in [6, 6.07) is 13.3. The van der Waals surface area contributed by atoms with Crippen molar-refractivity contribution in [2.45, 2.75) is 19.6 Å². The maximum Gasteiger partial charge on any atom is 0.127 e. The Morgan fingerprint density at radius 2 is 2.05 bits per heavy atom. The fourth-order valence-electron chi connectivity index (χ4n) is 1.92. The van der Waals surface area contributed by atoms with Crippen LogP contribution in [0, 0.1) is 17.1 Å². The molecular formula is C16H15FN2O. The van der Waals surface area contributed by atoms with Gasteiger partial charge >= 0.3 is 0 Å². The number of hydrogen-bond acceptors (Lipinski definition) is 3. The highest BCUT2D eigenvalue weighted by molar-refractivity contribution is 5.39. The molecule has 20 heavy (non-hydrogen) atoms. The van der Waals surface area contributed by atoms with Crippen molar-refractivity contribution in [3.8, 4) is 11.8 Å².